The molecule has 1 fully saturated rings. The monoisotopic (exact) mass is 402 g/mol. The van der Waals surface area contributed by atoms with Crippen molar-refractivity contribution < 1.29 is 18.8 Å². The maximum atomic E-state index is 13.1. The third kappa shape index (κ3) is 2.46. The molecule has 2 aliphatic heterocycles. The highest BCUT2D eigenvalue weighted by Gasteiger charge is 2.56. The van der Waals surface area contributed by atoms with E-state index in [1.807, 2.05) is 19.1 Å². The Kier molecular flexibility index (Phi) is 3.68. The normalized spacial score (nSPS) is 22.0. The van der Waals surface area contributed by atoms with Gasteiger partial charge in [-0.2, -0.15) is 0 Å². The molecule has 0 spiro atoms. The maximum Gasteiger partial charge on any atom is 0.279 e. The fourth-order valence-corrected chi connectivity index (χ4v) is 3.74. The summed E-state index contributed by atoms with van der Waals surface area (Å²) >= 11 is 3.40. The van der Waals surface area contributed by atoms with Gasteiger partial charge in [0.05, 0.1) is 5.69 Å². The number of carbonyl (C=O) groups excluding carboxylic acids is 2. The van der Waals surface area contributed by atoms with Crippen LogP contribution in [0.5, 0.6) is 0 Å². The van der Waals surface area contributed by atoms with E-state index in [4.69, 9.17) is 4.84 Å². The van der Waals surface area contributed by atoms with Crippen LogP contribution in [0.1, 0.15) is 11.1 Å². The second kappa shape index (κ2) is 5.77. The molecule has 2 aromatic carbocycles. The Morgan fingerprint density at radius 3 is 2.52 bits per heavy atom. The average molecular weight is 403 g/mol. The number of oxime groups is 1. The van der Waals surface area contributed by atoms with Gasteiger partial charge in [-0.3, -0.25) is 9.59 Å². The number of benzene rings is 2. The largest absolute Gasteiger partial charge is 0.381 e. The minimum absolute atomic E-state index is 0.342. The molecule has 2 aromatic rings. The van der Waals surface area contributed by atoms with Gasteiger partial charge in [0.1, 0.15) is 17.4 Å². The first-order valence-corrected chi connectivity index (χ1v) is 8.40. The number of fused-ring (bicyclic) bond motifs is 1. The van der Waals surface area contributed by atoms with Crippen molar-refractivity contribution in [2.45, 2.75) is 13.0 Å². The van der Waals surface area contributed by atoms with Gasteiger partial charge in [-0.15, -0.1) is 0 Å². The van der Waals surface area contributed by atoms with E-state index in [9.17, 15) is 14.0 Å². The van der Waals surface area contributed by atoms with Crippen LogP contribution in [0, 0.1) is 18.7 Å². The molecule has 0 saturated carbocycles. The van der Waals surface area contributed by atoms with Gasteiger partial charge < -0.3 is 4.84 Å². The van der Waals surface area contributed by atoms with Crippen LogP contribution in [0.25, 0.3) is 0 Å². The molecule has 0 bridgehead atoms. The molecule has 4 rings (SSSR count). The smallest absolute Gasteiger partial charge is 0.279 e. The van der Waals surface area contributed by atoms with Gasteiger partial charge in [0.15, 0.2) is 0 Å². The Morgan fingerprint density at radius 1 is 1.12 bits per heavy atom. The van der Waals surface area contributed by atoms with Crippen molar-refractivity contribution >= 4 is 39.1 Å². The number of anilines is 1. The van der Waals surface area contributed by atoms with Crippen LogP contribution < -0.4 is 4.90 Å². The van der Waals surface area contributed by atoms with Crippen LogP contribution in [0.4, 0.5) is 10.1 Å². The molecule has 2 atom stereocenters. The molecule has 126 valence electrons. The Labute approximate surface area is 151 Å². The van der Waals surface area contributed by atoms with E-state index in [0.29, 0.717) is 21.4 Å². The van der Waals surface area contributed by atoms with Crippen LogP contribution in [-0.4, -0.2) is 23.6 Å². The topological polar surface area (TPSA) is 59.0 Å². The summed E-state index contributed by atoms with van der Waals surface area (Å²) in [5, 5.41) is 3.90. The lowest BCUT2D eigenvalue weighted by Crippen LogP contribution is -2.33. The third-order valence-electron chi connectivity index (χ3n) is 4.30. The summed E-state index contributed by atoms with van der Waals surface area (Å²) in [6, 6.07) is 11.0. The summed E-state index contributed by atoms with van der Waals surface area (Å²) in [6.07, 6.45) is -0.985. The van der Waals surface area contributed by atoms with Gasteiger partial charge in [0.25, 0.3) is 5.91 Å². The molecule has 2 amide bonds. The lowest BCUT2D eigenvalue weighted by Gasteiger charge is -2.17. The van der Waals surface area contributed by atoms with Crippen molar-refractivity contribution in [1.82, 2.24) is 0 Å². The Balaban J connectivity index is 1.72. The number of hydrogen-bond donors (Lipinski definition) is 0. The van der Waals surface area contributed by atoms with E-state index >= 15 is 0 Å². The molecule has 7 heteroatoms. The average Bonchev–Trinajstić information content (AvgIpc) is 3.11. The summed E-state index contributed by atoms with van der Waals surface area (Å²) in [5.41, 5.74) is 2.37. The van der Waals surface area contributed by atoms with Crippen molar-refractivity contribution in [2.24, 2.45) is 11.1 Å². The molecule has 0 N–H and O–H groups in total. The fourth-order valence-electron chi connectivity index (χ4n) is 3.07. The van der Waals surface area contributed by atoms with Gasteiger partial charge >= 0.3 is 0 Å². The van der Waals surface area contributed by atoms with E-state index in [2.05, 4.69) is 21.1 Å². The van der Waals surface area contributed by atoms with Gasteiger partial charge in [0, 0.05) is 10.0 Å². The molecule has 2 aliphatic rings. The highest BCUT2D eigenvalue weighted by Crippen LogP contribution is 2.38. The van der Waals surface area contributed by atoms with Crippen LogP contribution in [0.3, 0.4) is 0 Å². The van der Waals surface area contributed by atoms with E-state index in [-0.39, 0.29) is 5.82 Å². The number of hydrogen-bond acceptors (Lipinski definition) is 4. The van der Waals surface area contributed by atoms with Crippen LogP contribution in [-0.2, 0) is 14.4 Å². The molecular formula is C18H12BrFN2O3. The Bertz CT molecular complexity index is 926. The summed E-state index contributed by atoms with van der Waals surface area (Å²) in [6.45, 7) is 1.92. The molecule has 0 aliphatic carbocycles. The van der Waals surface area contributed by atoms with Crippen LogP contribution in [0.2, 0.25) is 0 Å². The number of rotatable bonds is 2. The summed E-state index contributed by atoms with van der Waals surface area (Å²) in [5.74, 6) is -2.08. The van der Waals surface area contributed by atoms with Gasteiger partial charge in [0.2, 0.25) is 12.0 Å². The van der Waals surface area contributed by atoms with E-state index in [1.54, 1.807) is 6.07 Å². The van der Waals surface area contributed by atoms with Crippen molar-refractivity contribution in [1.29, 1.82) is 0 Å². The fraction of sp³-hybridized carbons (Fsp3) is 0.167. The number of halogens is 2. The summed E-state index contributed by atoms with van der Waals surface area (Å²) < 4.78 is 13.8. The summed E-state index contributed by atoms with van der Waals surface area (Å²) in [7, 11) is 0. The van der Waals surface area contributed by atoms with Crippen molar-refractivity contribution in [3.63, 3.8) is 0 Å². The first-order chi connectivity index (χ1) is 12.0. The Hall–Kier alpha value is -2.54. The van der Waals surface area contributed by atoms with E-state index in [1.165, 1.54) is 24.3 Å². The minimum Gasteiger partial charge on any atom is -0.381 e. The van der Waals surface area contributed by atoms with Gasteiger partial charge in [-0.05, 0) is 52.7 Å². The van der Waals surface area contributed by atoms with Crippen molar-refractivity contribution in [3.05, 3.63) is 63.9 Å². The number of amides is 2. The molecule has 25 heavy (non-hydrogen) atoms. The molecule has 0 aromatic heterocycles. The SMILES string of the molecule is Cc1ccc(N2C(=O)[C@H]3C(c4ccc(F)cc4)=NO[C@H]3C2=O)c(Br)c1. The predicted molar refractivity (Wildman–Crippen MR) is 92.7 cm³/mol. The molecule has 1 saturated heterocycles. The second-order valence-corrected chi connectivity index (χ2v) is 6.81. The zero-order chi connectivity index (χ0) is 17.7. The maximum absolute atomic E-state index is 13.1. The number of nitrogens with zero attached hydrogens (tertiary/aromatic N) is 2. The summed E-state index contributed by atoms with van der Waals surface area (Å²) in [4.78, 5) is 32.0. The standard InChI is InChI=1S/C18H12BrFN2O3/c1-9-2-7-13(12(19)8-9)22-17(23)14-15(21-25-16(14)18(22)24)10-3-5-11(20)6-4-10/h2-8,14,16H,1H3/t14-,16+/m0/s1. The first kappa shape index (κ1) is 16.0. The van der Waals surface area contributed by atoms with E-state index < -0.39 is 23.8 Å². The second-order valence-electron chi connectivity index (χ2n) is 5.95. The zero-order valence-electron chi connectivity index (χ0n) is 13.1. The van der Waals surface area contributed by atoms with E-state index in [0.717, 1.165) is 10.5 Å². The zero-order valence-corrected chi connectivity index (χ0v) is 14.7. The van der Waals surface area contributed by atoms with Crippen molar-refractivity contribution in [3.8, 4) is 0 Å². The molecule has 2 heterocycles. The number of aryl methyl sites for hydroxylation is 1. The lowest BCUT2D eigenvalue weighted by atomic mass is 9.94. The van der Waals surface area contributed by atoms with Gasteiger partial charge in [-0.25, -0.2) is 9.29 Å². The van der Waals surface area contributed by atoms with Crippen molar-refractivity contribution in [2.75, 3.05) is 4.90 Å². The first-order valence-electron chi connectivity index (χ1n) is 7.61. The highest BCUT2D eigenvalue weighted by atomic mass is 79.9. The van der Waals surface area contributed by atoms with Gasteiger partial charge in [-0.1, -0.05) is 23.4 Å². The minimum atomic E-state index is -0.985. The Morgan fingerprint density at radius 2 is 1.84 bits per heavy atom. The quantitative estimate of drug-likeness (QED) is 0.724. The third-order valence-corrected chi connectivity index (χ3v) is 4.93. The molecule has 5 nitrogen and oxygen atoms in total. The number of carbonyl (C=O) groups is 2. The highest BCUT2D eigenvalue weighted by molar-refractivity contribution is 9.10. The van der Waals surface area contributed by atoms with Crippen LogP contribution in [0.15, 0.2) is 52.1 Å². The molecule has 0 unspecified atom stereocenters. The molecule has 0 radical (unpaired) electrons. The predicted octanol–water partition coefficient (Wildman–Crippen LogP) is 3.19. The molecular weight excluding hydrogens is 391 g/mol. The lowest BCUT2D eigenvalue weighted by molar-refractivity contribution is -0.126. The van der Waals surface area contributed by atoms with Crippen LogP contribution >= 0.6 is 15.9 Å². The number of imide groups is 1.